The normalized spacial score (nSPS) is 10.2. The van der Waals surface area contributed by atoms with Gasteiger partial charge < -0.3 is 4.90 Å². The Kier molecular flexibility index (Phi) is 4.85. The quantitative estimate of drug-likeness (QED) is 0.789. The molecule has 0 spiro atoms. The summed E-state index contributed by atoms with van der Waals surface area (Å²) in [6, 6.07) is 10.9. The zero-order chi connectivity index (χ0) is 15.4. The van der Waals surface area contributed by atoms with Gasteiger partial charge >= 0.3 is 0 Å². The van der Waals surface area contributed by atoms with Crippen LogP contribution in [0.4, 0.5) is 4.39 Å². The molecule has 0 aliphatic heterocycles. The Morgan fingerprint density at radius 1 is 1.29 bits per heavy atom. The lowest BCUT2D eigenvalue weighted by Gasteiger charge is -2.19. The van der Waals surface area contributed by atoms with Crippen molar-refractivity contribution >= 4 is 28.1 Å². The van der Waals surface area contributed by atoms with Crippen molar-refractivity contribution in [1.82, 2.24) is 4.90 Å². The summed E-state index contributed by atoms with van der Waals surface area (Å²) in [5.74, 6) is -0.642. The van der Waals surface area contributed by atoms with Crippen molar-refractivity contribution in [2.24, 2.45) is 0 Å². The lowest BCUT2D eigenvalue weighted by molar-refractivity contribution is 0.0781. The Hall–Kier alpha value is -2.01. The van der Waals surface area contributed by atoms with Gasteiger partial charge in [-0.25, -0.2) is 4.39 Å². The SMILES string of the molecule is CN(Cc1cc(F)ccc1Br)C(=O)c1ccccc1C=O. The maximum absolute atomic E-state index is 13.3. The van der Waals surface area contributed by atoms with E-state index >= 15 is 0 Å². The minimum absolute atomic E-state index is 0.240. The molecule has 2 rings (SSSR count). The molecule has 108 valence electrons. The second kappa shape index (κ2) is 6.63. The summed E-state index contributed by atoms with van der Waals surface area (Å²) in [7, 11) is 1.61. The van der Waals surface area contributed by atoms with Crippen LogP contribution < -0.4 is 0 Å². The van der Waals surface area contributed by atoms with Gasteiger partial charge in [0.1, 0.15) is 5.82 Å². The summed E-state index contributed by atoms with van der Waals surface area (Å²) < 4.78 is 14.0. The Labute approximate surface area is 130 Å². The highest BCUT2D eigenvalue weighted by molar-refractivity contribution is 9.10. The van der Waals surface area contributed by atoms with Gasteiger partial charge in [0.05, 0.1) is 5.56 Å². The van der Waals surface area contributed by atoms with E-state index in [9.17, 15) is 14.0 Å². The molecule has 1 amide bonds. The maximum atomic E-state index is 13.3. The van der Waals surface area contributed by atoms with Gasteiger partial charge in [0.2, 0.25) is 0 Å². The van der Waals surface area contributed by atoms with Crippen LogP contribution in [0.15, 0.2) is 46.9 Å². The molecule has 0 saturated carbocycles. The van der Waals surface area contributed by atoms with Gasteiger partial charge in [-0.05, 0) is 29.8 Å². The third-order valence-electron chi connectivity index (χ3n) is 3.08. The van der Waals surface area contributed by atoms with Crippen molar-refractivity contribution in [2.45, 2.75) is 6.54 Å². The molecule has 0 unspecified atom stereocenters. The molecule has 5 heteroatoms. The highest BCUT2D eigenvalue weighted by Crippen LogP contribution is 2.20. The third-order valence-corrected chi connectivity index (χ3v) is 3.85. The number of carbonyl (C=O) groups is 2. The second-order valence-electron chi connectivity index (χ2n) is 4.60. The molecule has 0 fully saturated rings. The fourth-order valence-electron chi connectivity index (χ4n) is 1.99. The smallest absolute Gasteiger partial charge is 0.254 e. The largest absolute Gasteiger partial charge is 0.337 e. The van der Waals surface area contributed by atoms with Crippen LogP contribution in [0.25, 0.3) is 0 Å². The molecule has 0 aromatic heterocycles. The average Bonchev–Trinajstić information content (AvgIpc) is 2.50. The van der Waals surface area contributed by atoms with Gasteiger partial charge in [0.15, 0.2) is 6.29 Å². The Morgan fingerprint density at radius 2 is 2.00 bits per heavy atom. The molecular formula is C16H13BrFNO2. The lowest BCUT2D eigenvalue weighted by atomic mass is 10.1. The average molecular weight is 350 g/mol. The minimum Gasteiger partial charge on any atom is -0.337 e. The van der Waals surface area contributed by atoms with Crippen molar-refractivity contribution in [3.63, 3.8) is 0 Å². The molecule has 0 bridgehead atoms. The summed E-state index contributed by atoms with van der Waals surface area (Å²) in [5, 5.41) is 0. The molecule has 0 saturated heterocycles. The summed E-state index contributed by atoms with van der Waals surface area (Å²) in [6.45, 7) is 0.240. The number of benzene rings is 2. The van der Waals surface area contributed by atoms with E-state index in [0.29, 0.717) is 23.0 Å². The Morgan fingerprint density at radius 3 is 2.71 bits per heavy atom. The van der Waals surface area contributed by atoms with Crippen LogP contribution in [0.3, 0.4) is 0 Å². The zero-order valence-corrected chi connectivity index (χ0v) is 12.9. The van der Waals surface area contributed by atoms with Crippen LogP contribution in [-0.2, 0) is 6.54 Å². The summed E-state index contributed by atoms with van der Waals surface area (Å²) in [4.78, 5) is 24.8. The van der Waals surface area contributed by atoms with Crippen LogP contribution in [-0.4, -0.2) is 24.1 Å². The first-order chi connectivity index (χ1) is 10.0. The number of amides is 1. The molecular weight excluding hydrogens is 337 g/mol. The maximum Gasteiger partial charge on any atom is 0.254 e. The monoisotopic (exact) mass is 349 g/mol. The van der Waals surface area contributed by atoms with Gasteiger partial charge in [-0.2, -0.15) is 0 Å². The van der Waals surface area contributed by atoms with Crippen LogP contribution in [0.2, 0.25) is 0 Å². The number of rotatable bonds is 4. The molecule has 2 aromatic carbocycles. The summed E-state index contributed by atoms with van der Waals surface area (Å²) >= 11 is 3.33. The van der Waals surface area contributed by atoms with Gasteiger partial charge in [-0.1, -0.05) is 34.1 Å². The Bertz CT molecular complexity index is 688. The highest BCUT2D eigenvalue weighted by atomic mass is 79.9. The lowest BCUT2D eigenvalue weighted by Crippen LogP contribution is -2.27. The molecule has 0 aliphatic rings. The van der Waals surface area contributed by atoms with E-state index in [2.05, 4.69) is 15.9 Å². The van der Waals surface area contributed by atoms with Crippen LogP contribution >= 0.6 is 15.9 Å². The molecule has 3 nitrogen and oxygen atoms in total. The minimum atomic E-state index is -0.359. The first kappa shape index (κ1) is 15.4. The second-order valence-corrected chi connectivity index (χ2v) is 5.46. The molecule has 2 aromatic rings. The number of hydrogen-bond acceptors (Lipinski definition) is 2. The Balaban J connectivity index is 2.23. The van der Waals surface area contributed by atoms with E-state index in [1.54, 1.807) is 37.4 Å². The van der Waals surface area contributed by atoms with Crippen molar-refractivity contribution in [2.75, 3.05) is 7.05 Å². The fraction of sp³-hybridized carbons (Fsp3) is 0.125. The van der Waals surface area contributed by atoms with Crippen LogP contribution in [0.5, 0.6) is 0 Å². The van der Waals surface area contributed by atoms with Crippen molar-refractivity contribution < 1.29 is 14.0 Å². The molecule has 0 atom stereocenters. The predicted molar refractivity (Wildman–Crippen MR) is 81.7 cm³/mol. The van der Waals surface area contributed by atoms with E-state index in [4.69, 9.17) is 0 Å². The zero-order valence-electron chi connectivity index (χ0n) is 11.3. The summed E-state index contributed by atoms with van der Waals surface area (Å²) in [6.07, 6.45) is 0.652. The first-order valence-corrected chi connectivity index (χ1v) is 7.06. The molecule has 0 N–H and O–H groups in total. The number of hydrogen-bond donors (Lipinski definition) is 0. The molecule has 0 radical (unpaired) electrons. The van der Waals surface area contributed by atoms with Gasteiger partial charge in [0.25, 0.3) is 5.91 Å². The van der Waals surface area contributed by atoms with Crippen molar-refractivity contribution in [3.05, 3.63) is 69.4 Å². The number of aldehydes is 1. The summed E-state index contributed by atoms with van der Waals surface area (Å²) in [5.41, 5.74) is 1.34. The highest BCUT2D eigenvalue weighted by Gasteiger charge is 2.16. The molecule has 0 aliphatic carbocycles. The van der Waals surface area contributed by atoms with E-state index in [-0.39, 0.29) is 18.3 Å². The number of nitrogens with zero attached hydrogens (tertiary/aromatic N) is 1. The third kappa shape index (κ3) is 3.55. The van der Waals surface area contributed by atoms with Crippen LogP contribution in [0.1, 0.15) is 26.3 Å². The van der Waals surface area contributed by atoms with E-state index in [1.807, 2.05) is 0 Å². The predicted octanol–water partition coefficient (Wildman–Crippen LogP) is 3.67. The first-order valence-electron chi connectivity index (χ1n) is 6.26. The van der Waals surface area contributed by atoms with Gasteiger partial charge in [-0.15, -0.1) is 0 Å². The van der Waals surface area contributed by atoms with E-state index < -0.39 is 0 Å². The fourth-order valence-corrected chi connectivity index (χ4v) is 2.36. The molecule has 0 heterocycles. The topological polar surface area (TPSA) is 37.4 Å². The van der Waals surface area contributed by atoms with Crippen molar-refractivity contribution in [1.29, 1.82) is 0 Å². The van der Waals surface area contributed by atoms with Crippen LogP contribution in [0, 0.1) is 5.82 Å². The van der Waals surface area contributed by atoms with Gasteiger partial charge in [0, 0.05) is 23.6 Å². The van der Waals surface area contributed by atoms with E-state index in [1.165, 1.54) is 17.0 Å². The number of carbonyl (C=O) groups excluding carboxylic acids is 2. The number of halogens is 2. The van der Waals surface area contributed by atoms with Crippen molar-refractivity contribution in [3.8, 4) is 0 Å². The molecule has 21 heavy (non-hydrogen) atoms. The van der Waals surface area contributed by atoms with E-state index in [0.717, 1.165) is 4.47 Å². The van der Waals surface area contributed by atoms with Gasteiger partial charge in [-0.3, -0.25) is 9.59 Å². The standard InChI is InChI=1S/C16H13BrFNO2/c1-19(9-12-8-13(18)6-7-15(12)17)16(21)14-5-3-2-4-11(14)10-20/h2-8,10H,9H2,1H3.